The van der Waals surface area contributed by atoms with Crippen molar-refractivity contribution >= 4 is 34.8 Å². The summed E-state index contributed by atoms with van der Waals surface area (Å²) in [6.07, 6.45) is 0. The van der Waals surface area contributed by atoms with Crippen LogP contribution in [0.2, 0.25) is 15.1 Å². The van der Waals surface area contributed by atoms with Crippen molar-refractivity contribution in [3.63, 3.8) is 0 Å². The maximum atomic E-state index is 5.98. The number of ether oxygens (including phenoxy) is 1. The number of rotatable bonds is 2. The van der Waals surface area contributed by atoms with Gasteiger partial charge < -0.3 is 4.74 Å². The molecule has 2 rings (SSSR count). The summed E-state index contributed by atoms with van der Waals surface area (Å²) in [5, 5.41) is 1.64. The van der Waals surface area contributed by atoms with E-state index in [1.165, 1.54) is 0 Å². The third-order valence-electron chi connectivity index (χ3n) is 2.40. The van der Waals surface area contributed by atoms with Crippen molar-refractivity contribution in [3.05, 3.63) is 51.5 Å². The Bertz CT molecular complexity index is 552. The molecule has 2 aromatic carbocycles. The highest BCUT2D eigenvalue weighted by Crippen LogP contribution is 2.33. The predicted molar refractivity (Wildman–Crippen MR) is 73.5 cm³/mol. The van der Waals surface area contributed by atoms with Crippen molar-refractivity contribution < 1.29 is 4.74 Å². The Labute approximate surface area is 115 Å². The molecule has 0 bridgehead atoms. The molecule has 88 valence electrons. The van der Waals surface area contributed by atoms with E-state index in [0.29, 0.717) is 20.8 Å². The first-order chi connectivity index (χ1) is 8.11. The van der Waals surface area contributed by atoms with Crippen LogP contribution >= 0.6 is 34.8 Å². The van der Waals surface area contributed by atoms with Gasteiger partial charge in [0.15, 0.2) is 0 Å². The monoisotopic (exact) mass is 286 g/mol. The lowest BCUT2D eigenvalue weighted by Gasteiger charge is -2.07. The molecule has 0 saturated carbocycles. The average Bonchev–Trinajstić information content (AvgIpc) is 2.33. The van der Waals surface area contributed by atoms with Gasteiger partial charge in [-0.15, -0.1) is 0 Å². The van der Waals surface area contributed by atoms with Gasteiger partial charge in [0.2, 0.25) is 0 Å². The predicted octanol–water partition coefficient (Wildman–Crippen LogP) is 5.32. The molecule has 0 unspecified atom stereocenters. The molecule has 0 aliphatic carbocycles. The Kier molecular flexibility index (Phi) is 3.82. The van der Waals surface area contributed by atoms with Crippen molar-refractivity contribution in [2.24, 2.45) is 0 Å². The summed E-state index contributed by atoms with van der Waals surface area (Å²) in [6, 6.07) is 11.0. The van der Waals surface area contributed by atoms with Crippen LogP contribution in [0, 0.1) is 0 Å². The van der Waals surface area contributed by atoms with E-state index in [4.69, 9.17) is 39.5 Å². The number of benzene rings is 2. The number of hydrogen-bond donors (Lipinski definition) is 0. The fraction of sp³-hybridized carbons (Fsp3) is 0.0769. The van der Waals surface area contributed by atoms with Gasteiger partial charge in [0.1, 0.15) is 5.75 Å². The Morgan fingerprint density at radius 1 is 0.765 bits per heavy atom. The molecule has 0 radical (unpaired) electrons. The van der Waals surface area contributed by atoms with Crippen LogP contribution in [0.15, 0.2) is 36.4 Å². The van der Waals surface area contributed by atoms with Gasteiger partial charge in [0.05, 0.1) is 22.2 Å². The Morgan fingerprint density at radius 3 is 1.94 bits per heavy atom. The number of methoxy groups -OCH3 is 1. The van der Waals surface area contributed by atoms with E-state index in [1.807, 2.05) is 24.3 Å². The molecule has 0 spiro atoms. The second-order valence-corrected chi connectivity index (χ2v) is 4.70. The van der Waals surface area contributed by atoms with Gasteiger partial charge in [-0.3, -0.25) is 0 Å². The van der Waals surface area contributed by atoms with E-state index in [0.717, 1.165) is 11.1 Å². The number of hydrogen-bond acceptors (Lipinski definition) is 1. The van der Waals surface area contributed by atoms with Crippen molar-refractivity contribution in [1.82, 2.24) is 0 Å². The first-order valence-electron chi connectivity index (χ1n) is 4.91. The Balaban J connectivity index is 2.49. The largest absolute Gasteiger partial charge is 0.495 e. The molecule has 0 N–H and O–H groups in total. The van der Waals surface area contributed by atoms with E-state index in [1.54, 1.807) is 19.2 Å². The van der Waals surface area contributed by atoms with Crippen LogP contribution < -0.4 is 4.74 Å². The molecule has 4 heteroatoms. The van der Waals surface area contributed by atoms with Crippen LogP contribution in [0.5, 0.6) is 5.75 Å². The Hall–Kier alpha value is -0.890. The highest BCUT2D eigenvalue weighted by molar-refractivity contribution is 6.42. The molecule has 0 aromatic heterocycles. The second kappa shape index (κ2) is 5.18. The summed E-state index contributed by atoms with van der Waals surface area (Å²) in [6.45, 7) is 0. The molecule has 0 heterocycles. The molecular formula is C13H9Cl3O. The zero-order valence-corrected chi connectivity index (χ0v) is 11.3. The van der Waals surface area contributed by atoms with Gasteiger partial charge in [0.25, 0.3) is 0 Å². The summed E-state index contributed by atoms with van der Waals surface area (Å²) in [4.78, 5) is 0. The molecule has 0 saturated heterocycles. The van der Waals surface area contributed by atoms with Crippen molar-refractivity contribution in [2.75, 3.05) is 7.11 Å². The summed E-state index contributed by atoms with van der Waals surface area (Å²) in [5.41, 5.74) is 1.94. The summed E-state index contributed by atoms with van der Waals surface area (Å²) < 4.78 is 5.17. The van der Waals surface area contributed by atoms with Crippen LogP contribution in [0.3, 0.4) is 0 Å². The standard InChI is InChI=1S/C13H9Cl3O/c1-17-13-7-9(3-5-11(13)15)8-2-4-10(14)12(16)6-8/h2-7H,1H3. The summed E-state index contributed by atoms with van der Waals surface area (Å²) in [5.74, 6) is 0.634. The van der Waals surface area contributed by atoms with Crippen LogP contribution in [-0.4, -0.2) is 7.11 Å². The molecule has 0 aliphatic heterocycles. The fourth-order valence-electron chi connectivity index (χ4n) is 1.52. The second-order valence-electron chi connectivity index (χ2n) is 3.48. The minimum absolute atomic E-state index is 0.526. The zero-order chi connectivity index (χ0) is 12.4. The van der Waals surface area contributed by atoms with Crippen LogP contribution in [0.25, 0.3) is 11.1 Å². The van der Waals surface area contributed by atoms with E-state index in [9.17, 15) is 0 Å². The number of halogens is 3. The Morgan fingerprint density at radius 2 is 1.35 bits per heavy atom. The maximum absolute atomic E-state index is 5.98. The molecule has 0 fully saturated rings. The lowest BCUT2D eigenvalue weighted by Crippen LogP contribution is -1.85. The lowest BCUT2D eigenvalue weighted by atomic mass is 10.1. The van der Waals surface area contributed by atoms with E-state index in [2.05, 4.69) is 0 Å². The first kappa shape index (κ1) is 12.6. The van der Waals surface area contributed by atoms with Crippen LogP contribution in [-0.2, 0) is 0 Å². The quantitative estimate of drug-likeness (QED) is 0.726. The van der Waals surface area contributed by atoms with Crippen LogP contribution in [0.4, 0.5) is 0 Å². The maximum Gasteiger partial charge on any atom is 0.138 e. The average molecular weight is 288 g/mol. The molecular weight excluding hydrogens is 279 g/mol. The highest BCUT2D eigenvalue weighted by atomic mass is 35.5. The molecule has 0 amide bonds. The van der Waals surface area contributed by atoms with Crippen molar-refractivity contribution in [3.8, 4) is 16.9 Å². The van der Waals surface area contributed by atoms with Gasteiger partial charge in [-0.1, -0.05) is 46.9 Å². The normalized spacial score (nSPS) is 10.4. The van der Waals surface area contributed by atoms with Crippen LogP contribution in [0.1, 0.15) is 0 Å². The molecule has 2 aromatic rings. The van der Waals surface area contributed by atoms with Gasteiger partial charge in [-0.05, 0) is 35.4 Å². The van der Waals surface area contributed by atoms with Crippen molar-refractivity contribution in [2.45, 2.75) is 0 Å². The SMILES string of the molecule is COc1cc(-c2ccc(Cl)c(Cl)c2)ccc1Cl. The third kappa shape index (κ3) is 2.68. The third-order valence-corrected chi connectivity index (χ3v) is 3.46. The van der Waals surface area contributed by atoms with Gasteiger partial charge in [0, 0.05) is 0 Å². The van der Waals surface area contributed by atoms with E-state index < -0.39 is 0 Å². The van der Waals surface area contributed by atoms with E-state index in [-0.39, 0.29) is 0 Å². The minimum atomic E-state index is 0.526. The first-order valence-corrected chi connectivity index (χ1v) is 6.04. The smallest absolute Gasteiger partial charge is 0.138 e. The summed E-state index contributed by atoms with van der Waals surface area (Å²) in [7, 11) is 1.58. The summed E-state index contributed by atoms with van der Waals surface area (Å²) >= 11 is 17.8. The molecule has 0 atom stereocenters. The lowest BCUT2D eigenvalue weighted by molar-refractivity contribution is 0.415. The molecule has 1 nitrogen and oxygen atoms in total. The highest BCUT2D eigenvalue weighted by Gasteiger charge is 2.06. The molecule has 0 aliphatic rings. The zero-order valence-electron chi connectivity index (χ0n) is 9.01. The van der Waals surface area contributed by atoms with Crippen molar-refractivity contribution in [1.29, 1.82) is 0 Å². The van der Waals surface area contributed by atoms with Gasteiger partial charge in [-0.2, -0.15) is 0 Å². The van der Waals surface area contributed by atoms with Gasteiger partial charge >= 0.3 is 0 Å². The minimum Gasteiger partial charge on any atom is -0.495 e. The van der Waals surface area contributed by atoms with Gasteiger partial charge in [-0.25, -0.2) is 0 Å². The molecule has 17 heavy (non-hydrogen) atoms. The topological polar surface area (TPSA) is 9.23 Å². The van der Waals surface area contributed by atoms with E-state index >= 15 is 0 Å². The fourth-order valence-corrected chi connectivity index (χ4v) is 2.01.